The van der Waals surface area contributed by atoms with Gasteiger partial charge in [-0.25, -0.2) is 0 Å². The molecule has 16 heavy (non-hydrogen) atoms. The van der Waals surface area contributed by atoms with E-state index in [-0.39, 0.29) is 0 Å². The van der Waals surface area contributed by atoms with Gasteiger partial charge < -0.3 is 4.74 Å². The third-order valence-corrected chi connectivity index (χ3v) is 3.60. The highest BCUT2D eigenvalue weighted by Crippen LogP contribution is 2.37. The van der Waals surface area contributed by atoms with Crippen molar-refractivity contribution in [2.24, 2.45) is 5.92 Å². The average molecular weight is 216 g/mol. The van der Waals surface area contributed by atoms with E-state index in [0.29, 0.717) is 5.92 Å². The first-order valence-electron chi connectivity index (χ1n) is 6.00. The highest BCUT2D eigenvalue weighted by Gasteiger charge is 2.22. The number of allylic oxidation sites excluding steroid dienone is 2. The van der Waals surface area contributed by atoms with Crippen LogP contribution in [0.5, 0.6) is 5.75 Å². The van der Waals surface area contributed by atoms with E-state index < -0.39 is 0 Å². The quantitative estimate of drug-likeness (QED) is 0.675. The molecule has 1 nitrogen and oxygen atoms in total. The molecular formula is C15H20O. The Balaban J connectivity index is 2.17. The van der Waals surface area contributed by atoms with Gasteiger partial charge in [-0.05, 0) is 49.3 Å². The molecule has 0 amide bonds. The van der Waals surface area contributed by atoms with Crippen LogP contribution in [0.2, 0.25) is 0 Å². The van der Waals surface area contributed by atoms with Crippen LogP contribution >= 0.6 is 0 Å². The van der Waals surface area contributed by atoms with Crippen molar-refractivity contribution in [2.45, 2.75) is 32.6 Å². The molecule has 0 saturated carbocycles. The minimum Gasteiger partial charge on any atom is -0.497 e. The molecule has 0 saturated heterocycles. The number of hydrogen-bond donors (Lipinski definition) is 0. The van der Waals surface area contributed by atoms with Crippen LogP contribution in [0.1, 0.15) is 38.2 Å². The van der Waals surface area contributed by atoms with E-state index in [1.807, 2.05) is 0 Å². The van der Waals surface area contributed by atoms with E-state index in [9.17, 15) is 0 Å². The normalized spacial score (nSPS) is 25.1. The smallest absolute Gasteiger partial charge is 0.118 e. The Morgan fingerprint density at radius 3 is 2.44 bits per heavy atom. The first-order chi connectivity index (χ1) is 7.70. The summed E-state index contributed by atoms with van der Waals surface area (Å²) in [5, 5.41) is 0. The molecule has 0 bridgehead atoms. The molecule has 1 aliphatic carbocycles. The second-order valence-corrected chi connectivity index (χ2v) is 4.85. The van der Waals surface area contributed by atoms with Crippen molar-refractivity contribution in [3.05, 3.63) is 41.5 Å². The van der Waals surface area contributed by atoms with Gasteiger partial charge in [0.25, 0.3) is 0 Å². The van der Waals surface area contributed by atoms with Gasteiger partial charge in [0.2, 0.25) is 0 Å². The van der Waals surface area contributed by atoms with E-state index >= 15 is 0 Å². The highest BCUT2D eigenvalue weighted by atomic mass is 16.5. The average Bonchev–Trinajstić information content (AvgIpc) is 2.29. The Hall–Kier alpha value is -1.24. The van der Waals surface area contributed by atoms with Gasteiger partial charge in [0.15, 0.2) is 0 Å². The van der Waals surface area contributed by atoms with Gasteiger partial charge in [-0.3, -0.25) is 0 Å². The predicted octanol–water partition coefficient (Wildman–Crippen LogP) is 4.16. The minimum atomic E-state index is 0.676. The molecular weight excluding hydrogens is 196 g/mol. The van der Waals surface area contributed by atoms with Crippen LogP contribution in [0.4, 0.5) is 0 Å². The van der Waals surface area contributed by atoms with Crippen LogP contribution in [0.15, 0.2) is 35.9 Å². The lowest BCUT2D eigenvalue weighted by atomic mass is 9.77. The van der Waals surface area contributed by atoms with Gasteiger partial charge in [0, 0.05) is 0 Å². The van der Waals surface area contributed by atoms with Gasteiger partial charge >= 0.3 is 0 Å². The van der Waals surface area contributed by atoms with E-state index in [4.69, 9.17) is 4.74 Å². The molecule has 2 rings (SSSR count). The molecule has 0 spiro atoms. The number of ether oxygens (including phenoxy) is 1. The van der Waals surface area contributed by atoms with Crippen LogP contribution < -0.4 is 4.74 Å². The summed E-state index contributed by atoms with van der Waals surface area (Å²) in [6.07, 6.45) is 4.80. The predicted molar refractivity (Wildman–Crippen MR) is 67.9 cm³/mol. The topological polar surface area (TPSA) is 9.23 Å². The summed E-state index contributed by atoms with van der Waals surface area (Å²) in [5.74, 6) is 2.37. The Kier molecular flexibility index (Phi) is 3.33. The van der Waals surface area contributed by atoms with Gasteiger partial charge in [0.1, 0.15) is 5.75 Å². The van der Waals surface area contributed by atoms with Crippen molar-refractivity contribution in [1.29, 1.82) is 0 Å². The second kappa shape index (κ2) is 4.73. The first-order valence-corrected chi connectivity index (χ1v) is 6.00. The maximum absolute atomic E-state index is 5.19. The lowest BCUT2D eigenvalue weighted by Crippen LogP contribution is -2.13. The lowest BCUT2D eigenvalue weighted by Gasteiger charge is -2.28. The summed E-state index contributed by atoms with van der Waals surface area (Å²) in [4.78, 5) is 0. The highest BCUT2D eigenvalue weighted by molar-refractivity contribution is 5.31. The number of methoxy groups -OCH3 is 1. The molecule has 0 aliphatic heterocycles. The standard InChI is InChI=1S/C15H20O/c1-11-4-9-15(12(2)10-11)13-5-7-14(16-3)8-6-13/h4-8,12,15H,9-10H2,1-3H3/t12-,15-/m0/s1. The van der Waals surface area contributed by atoms with Crippen molar-refractivity contribution in [3.8, 4) is 5.75 Å². The molecule has 86 valence electrons. The van der Waals surface area contributed by atoms with Gasteiger partial charge in [-0.1, -0.05) is 30.7 Å². The Bertz CT molecular complexity index is 375. The molecule has 0 fully saturated rings. The molecule has 0 N–H and O–H groups in total. The summed E-state index contributed by atoms with van der Waals surface area (Å²) in [7, 11) is 1.71. The molecule has 1 heteroatoms. The van der Waals surface area contributed by atoms with Crippen LogP contribution in [-0.4, -0.2) is 7.11 Å². The fourth-order valence-electron chi connectivity index (χ4n) is 2.61. The summed E-state index contributed by atoms with van der Waals surface area (Å²) >= 11 is 0. The second-order valence-electron chi connectivity index (χ2n) is 4.85. The molecule has 0 heterocycles. The zero-order valence-corrected chi connectivity index (χ0v) is 10.4. The third-order valence-electron chi connectivity index (χ3n) is 3.60. The van der Waals surface area contributed by atoms with E-state index in [1.165, 1.54) is 24.0 Å². The molecule has 1 aromatic carbocycles. The van der Waals surface area contributed by atoms with Crippen LogP contribution in [0.3, 0.4) is 0 Å². The molecule has 1 aromatic rings. The fraction of sp³-hybridized carbons (Fsp3) is 0.467. The molecule has 0 aromatic heterocycles. The zero-order chi connectivity index (χ0) is 11.5. The number of hydrogen-bond acceptors (Lipinski definition) is 1. The molecule has 0 radical (unpaired) electrons. The molecule has 0 unspecified atom stereocenters. The van der Waals surface area contributed by atoms with Crippen LogP contribution in [0, 0.1) is 5.92 Å². The van der Waals surface area contributed by atoms with Gasteiger partial charge in [-0.2, -0.15) is 0 Å². The number of benzene rings is 1. The van der Waals surface area contributed by atoms with Crippen molar-refractivity contribution in [3.63, 3.8) is 0 Å². The largest absolute Gasteiger partial charge is 0.497 e. The fourth-order valence-corrected chi connectivity index (χ4v) is 2.61. The van der Waals surface area contributed by atoms with Crippen molar-refractivity contribution in [2.75, 3.05) is 7.11 Å². The molecule has 2 atom stereocenters. The molecule has 1 aliphatic rings. The first kappa shape index (κ1) is 11.3. The number of rotatable bonds is 2. The summed E-state index contributed by atoms with van der Waals surface area (Å²) in [5.41, 5.74) is 2.98. The van der Waals surface area contributed by atoms with E-state index in [0.717, 1.165) is 11.7 Å². The van der Waals surface area contributed by atoms with E-state index in [1.54, 1.807) is 7.11 Å². The van der Waals surface area contributed by atoms with Gasteiger partial charge in [0.05, 0.1) is 7.11 Å². The van der Waals surface area contributed by atoms with Crippen molar-refractivity contribution in [1.82, 2.24) is 0 Å². The van der Waals surface area contributed by atoms with Gasteiger partial charge in [-0.15, -0.1) is 0 Å². The maximum atomic E-state index is 5.19. The Morgan fingerprint density at radius 1 is 1.19 bits per heavy atom. The van der Waals surface area contributed by atoms with Crippen LogP contribution in [0.25, 0.3) is 0 Å². The third kappa shape index (κ3) is 2.29. The summed E-state index contributed by atoms with van der Waals surface area (Å²) < 4.78 is 5.19. The Morgan fingerprint density at radius 2 is 1.88 bits per heavy atom. The lowest BCUT2D eigenvalue weighted by molar-refractivity contribution is 0.412. The maximum Gasteiger partial charge on any atom is 0.118 e. The van der Waals surface area contributed by atoms with E-state index in [2.05, 4.69) is 44.2 Å². The van der Waals surface area contributed by atoms with Crippen molar-refractivity contribution >= 4 is 0 Å². The monoisotopic (exact) mass is 216 g/mol. The van der Waals surface area contributed by atoms with Crippen LogP contribution in [-0.2, 0) is 0 Å². The van der Waals surface area contributed by atoms with Crippen molar-refractivity contribution < 1.29 is 4.74 Å². The summed E-state index contributed by atoms with van der Waals surface area (Å²) in [6, 6.07) is 8.53. The zero-order valence-electron chi connectivity index (χ0n) is 10.4. The Labute approximate surface area is 98.1 Å². The summed E-state index contributed by atoms with van der Waals surface area (Å²) in [6.45, 7) is 4.59. The minimum absolute atomic E-state index is 0.676. The SMILES string of the molecule is COc1ccc([C@H]2CC=C(C)C[C@@H]2C)cc1.